The lowest BCUT2D eigenvalue weighted by molar-refractivity contribution is 0.474. The minimum absolute atomic E-state index is 0.329. The molecule has 0 radical (unpaired) electrons. The Labute approximate surface area is 190 Å². The first-order valence-corrected chi connectivity index (χ1v) is 10.2. The molecule has 0 fully saturated rings. The van der Waals surface area contributed by atoms with Gasteiger partial charge in [-0.25, -0.2) is 0 Å². The molecule has 4 rings (SSSR count). The van der Waals surface area contributed by atoms with Crippen molar-refractivity contribution in [3.63, 3.8) is 0 Å². The molecule has 4 N–H and O–H groups in total. The van der Waals surface area contributed by atoms with Crippen LogP contribution >= 0.6 is 0 Å². The molecule has 0 atom stereocenters. The topological polar surface area (TPSA) is 80.9 Å². The van der Waals surface area contributed by atoms with Gasteiger partial charge in [-0.1, -0.05) is 59.7 Å². The summed E-state index contributed by atoms with van der Waals surface area (Å²) in [6, 6.07) is 28.5. The molecule has 0 saturated carbocycles. The molecule has 0 heterocycles. The monoisotopic (exact) mass is 432 g/mol. The molecule has 168 valence electrons. The van der Waals surface area contributed by atoms with Gasteiger partial charge in [0.1, 0.15) is 23.0 Å². The van der Waals surface area contributed by atoms with Gasteiger partial charge >= 0.3 is 0 Å². The first-order valence-electron chi connectivity index (χ1n) is 10.2. The lowest BCUT2D eigenvalue weighted by Gasteiger charge is -1.89. The maximum Gasteiger partial charge on any atom is 0.115 e. The normalized spacial score (nSPS) is 9.12. The van der Waals surface area contributed by atoms with E-state index in [0.717, 1.165) is 11.1 Å². The van der Waals surface area contributed by atoms with Gasteiger partial charge in [0.25, 0.3) is 0 Å². The van der Waals surface area contributed by atoms with E-state index >= 15 is 0 Å². The fourth-order valence-electron chi connectivity index (χ4n) is 2.35. The fourth-order valence-corrected chi connectivity index (χ4v) is 2.35. The summed E-state index contributed by atoms with van der Waals surface area (Å²) >= 11 is 0. The summed E-state index contributed by atoms with van der Waals surface area (Å²) < 4.78 is 0. The third kappa shape index (κ3) is 12.6. The van der Waals surface area contributed by atoms with Crippen LogP contribution in [0.1, 0.15) is 22.3 Å². The standard InChI is InChI=1S/4C7H8O/c2*1-6-2-4-7(8)5-3-6;2*1-6-3-2-4-7(8)5-6/h4*2-5,8H,1H3. The number of phenolic OH excluding ortho intramolecular Hbond substituents is 4. The molecule has 0 aromatic heterocycles. The zero-order chi connectivity index (χ0) is 23.9. The van der Waals surface area contributed by atoms with E-state index in [0.29, 0.717) is 23.0 Å². The Hall–Kier alpha value is -3.92. The number of benzene rings is 4. The Kier molecular flexibility index (Phi) is 11.5. The van der Waals surface area contributed by atoms with Crippen molar-refractivity contribution >= 4 is 0 Å². The van der Waals surface area contributed by atoms with Crippen LogP contribution in [0.2, 0.25) is 0 Å². The minimum Gasteiger partial charge on any atom is -0.508 e. The van der Waals surface area contributed by atoms with Crippen molar-refractivity contribution in [1.29, 1.82) is 0 Å². The van der Waals surface area contributed by atoms with E-state index in [2.05, 4.69) is 0 Å². The Bertz CT molecular complexity index is 876. The van der Waals surface area contributed by atoms with E-state index in [4.69, 9.17) is 20.4 Å². The smallest absolute Gasteiger partial charge is 0.115 e. The van der Waals surface area contributed by atoms with Gasteiger partial charge in [0, 0.05) is 0 Å². The SMILES string of the molecule is Cc1ccc(O)cc1.Cc1ccc(O)cc1.Cc1cccc(O)c1.Cc1cccc(O)c1. The highest BCUT2D eigenvalue weighted by Crippen LogP contribution is 2.10. The molecular formula is C28H32O4. The quantitative estimate of drug-likeness (QED) is 0.246. The Morgan fingerprint density at radius 1 is 0.344 bits per heavy atom. The Morgan fingerprint density at radius 3 is 0.844 bits per heavy atom. The predicted molar refractivity (Wildman–Crippen MR) is 131 cm³/mol. The highest BCUT2D eigenvalue weighted by atomic mass is 16.3. The highest BCUT2D eigenvalue weighted by molar-refractivity contribution is 5.27. The summed E-state index contributed by atoms with van der Waals surface area (Å²) in [5.41, 5.74) is 4.51. The van der Waals surface area contributed by atoms with Crippen LogP contribution < -0.4 is 0 Å². The second-order valence-electron chi connectivity index (χ2n) is 7.35. The maximum atomic E-state index is 8.81. The van der Waals surface area contributed by atoms with Crippen LogP contribution in [-0.4, -0.2) is 20.4 Å². The van der Waals surface area contributed by atoms with Gasteiger partial charge in [-0.05, 0) is 87.4 Å². The molecule has 0 bridgehead atoms. The van der Waals surface area contributed by atoms with Crippen molar-refractivity contribution in [1.82, 2.24) is 0 Å². The van der Waals surface area contributed by atoms with E-state index in [1.54, 1.807) is 48.5 Å². The molecule has 0 aliphatic heterocycles. The molecule has 32 heavy (non-hydrogen) atoms. The number of aromatic hydroxyl groups is 4. The third-order valence-corrected chi connectivity index (χ3v) is 4.07. The van der Waals surface area contributed by atoms with Crippen molar-refractivity contribution in [3.8, 4) is 23.0 Å². The molecule has 4 aromatic carbocycles. The van der Waals surface area contributed by atoms with Crippen molar-refractivity contribution < 1.29 is 20.4 Å². The van der Waals surface area contributed by atoms with Gasteiger partial charge in [-0.15, -0.1) is 0 Å². The van der Waals surface area contributed by atoms with Crippen LogP contribution in [0, 0.1) is 27.7 Å². The fraction of sp³-hybridized carbons (Fsp3) is 0.143. The van der Waals surface area contributed by atoms with Crippen LogP contribution in [0.4, 0.5) is 0 Å². The molecule has 0 aliphatic carbocycles. The number of aryl methyl sites for hydroxylation is 4. The van der Waals surface area contributed by atoms with Crippen LogP contribution in [-0.2, 0) is 0 Å². The third-order valence-electron chi connectivity index (χ3n) is 4.07. The zero-order valence-corrected chi connectivity index (χ0v) is 19.0. The molecule has 0 aliphatic rings. The zero-order valence-electron chi connectivity index (χ0n) is 19.0. The van der Waals surface area contributed by atoms with Crippen LogP contribution in [0.15, 0.2) is 97.1 Å². The number of hydrogen-bond donors (Lipinski definition) is 4. The molecule has 0 amide bonds. The Morgan fingerprint density at radius 2 is 0.656 bits per heavy atom. The molecule has 4 heteroatoms. The van der Waals surface area contributed by atoms with E-state index < -0.39 is 0 Å². The Balaban J connectivity index is 0.000000213. The molecule has 0 saturated heterocycles. The summed E-state index contributed by atoms with van der Waals surface area (Å²) in [6.45, 7) is 7.86. The van der Waals surface area contributed by atoms with Gasteiger partial charge in [-0.3, -0.25) is 0 Å². The summed E-state index contributed by atoms with van der Waals surface area (Å²) in [5, 5.41) is 35.1. The van der Waals surface area contributed by atoms with Gasteiger partial charge in [0.05, 0.1) is 0 Å². The lowest BCUT2D eigenvalue weighted by Crippen LogP contribution is -1.66. The minimum atomic E-state index is 0.329. The number of rotatable bonds is 0. The van der Waals surface area contributed by atoms with E-state index in [1.807, 2.05) is 76.2 Å². The van der Waals surface area contributed by atoms with Crippen molar-refractivity contribution in [2.24, 2.45) is 0 Å². The second-order valence-corrected chi connectivity index (χ2v) is 7.35. The molecule has 4 aromatic rings. The summed E-state index contributed by atoms with van der Waals surface area (Å²) in [4.78, 5) is 0. The summed E-state index contributed by atoms with van der Waals surface area (Å²) in [6.07, 6.45) is 0. The average molecular weight is 433 g/mol. The first-order chi connectivity index (χ1) is 15.2. The first kappa shape index (κ1) is 26.1. The molecule has 0 unspecified atom stereocenters. The van der Waals surface area contributed by atoms with Gasteiger partial charge in [0.15, 0.2) is 0 Å². The van der Waals surface area contributed by atoms with Crippen LogP contribution in [0.3, 0.4) is 0 Å². The van der Waals surface area contributed by atoms with Crippen LogP contribution in [0.5, 0.6) is 23.0 Å². The van der Waals surface area contributed by atoms with E-state index in [1.165, 1.54) is 11.1 Å². The highest BCUT2D eigenvalue weighted by Gasteiger charge is 1.84. The lowest BCUT2D eigenvalue weighted by atomic mass is 10.2. The summed E-state index contributed by atoms with van der Waals surface area (Å²) in [5.74, 6) is 1.33. The predicted octanol–water partition coefficient (Wildman–Crippen LogP) is 6.80. The van der Waals surface area contributed by atoms with Gasteiger partial charge in [-0.2, -0.15) is 0 Å². The second kappa shape index (κ2) is 14.1. The number of hydrogen-bond acceptors (Lipinski definition) is 4. The van der Waals surface area contributed by atoms with Crippen molar-refractivity contribution in [2.75, 3.05) is 0 Å². The largest absolute Gasteiger partial charge is 0.508 e. The van der Waals surface area contributed by atoms with Crippen LogP contribution in [0.25, 0.3) is 0 Å². The van der Waals surface area contributed by atoms with Gasteiger partial charge in [0.2, 0.25) is 0 Å². The molecule has 4 nitrogen and oxygen atoms in total. The molecular weight excluding hydrogens is 400 g/mol. The van der Waals surface area contributed by atoms with Crippen molar-refractivity contribution in [2.45, 2.75) is 27.7 Å². The maximum absolute atomic E-state index is 8.81. The number of phenols is 4. The van der Waals surface area contributed by atoms with E-state index in [9.17, 15) is 0 Å². The molecule has 0 spiro atoms. The average Bonchev–Trinajstić information content (AvgIpc) is 2.73. The van der Waals surface area contributed by atoms with Gasteiger partial charge < -0.3 is 20.4 Å². The van der Waals surface area contributed by atoms with E-state index in [-0.39, 0.29) is 0 Å². The summed E-state index contributed by atoms with van der Waals surface area (Å²) in [7, 11) is 0. The van der Waals surface area contributed by atoms with Crippen molar-refractivity contribution in [3.05, 3.63) is 119 Å².